The zero-order valence-electron chi connectivity index (χ0n) is 15.8. The molecule has 0 fully saturated rings. The van der Waals surface area contributed by atoms with E-state index in [1.165, 1.54) is 6.21 Å². The Kier molecular flexibility index (Phi) is 5.55. The van der Waals surface area contributed by atoms with E-state index in [9.17, 15) is 13.2 Å². The zero-order chi connectivity index (χ0) is 20.3. The van der Waals surface area contributed by atoms with Crippen LogP contribution in [0.4, 0.5) is 5.69 Å². The van der Waals surface area contributed by atoms with Gasteiger partial charge >= 0.3 is 0 Å². The molecule has 2 aromatic carbocycles. The number of carbonyl (C=O) groups is 1. The summed E-state index contributed by atoms with van der Waals surface area (Å²) in [5, 5.41) is 3.89. The fourth-order valence-electron chi connectivity index (χ4n) is 2.80. The molecule has 0 saturated carbocycles. The standard InChI is InChI=1S/C19H21N3O5S/c1-13-4-6-16(14(2)8-13)22(28(3,24)25)11-19(23)21-20-10-15-5-7-17-18(9-15)27-12-26-17/h4-10H,11-12H2,1-3H3,(H,21,23)/b20-10-. The fraction of sp³-hybridized carbons (Fsp3) is 0.263. The third-order valence-corrected chi connectivity index (χ3v) is 5.23. The molecule has 2 aromatic rings. The van der Waals surface area contributed by atoms with Gasteiger partial charge in [-0.1, -0.05) is 17.7 Å². The first kappa shape index (κ1) is 19.7. The van der Waals surface area contributed by atoms with Crippen molar-refractivity contribution in [1.82, 2.24) is 5.43 Å². The van der Waals surface area contributed by atoms with Crippen LogP contribution in [0.2, 0.25) is 0 Å². The van der Waals surface area contributed by atoms with E-state index in [0.717, 1.165) is 21.7 Å². The van der Waals surface area contributed by atoms with Crippen LogP contribution in [0.15, 0.2) is 41.5 Å². The number of fused-ring (bicyclic) bond motifs is 1. The van der Waals surface area contributed by atoms with Crippen LogP contribution in [0.1, 0.15) is 16.7 Å². The summed E-state index contributed by atoms with van der Waals surface area (Å²) in [4.78, 5) is 12.3. The molecule has 1 aliphatic rings. The van der Waals surface area contributed by atoms with Crippen molar-refractivity contribution in [3.63, 3.8) is 0 Å². The number of hydrogen-bond acceptors (Lipinski definition) is 6. The number of aryl methyl sites for hydroxylation is 2. The van der Waals surface area contributed by atoms with Crippen LogP contribution in [0.3, 0.4) is 0 Å². The van der Waals surface area contributed by atoms with Crippen LogP contribution in [-0.2, 0) is 14.8 Å². The molecule has 0 unspecified atom stereocenters. The average molecular weight is 403 g/mol. The zero-order valence-corrected chi connectivity index (χ0v) is 16.6. The van der Waals surface area contributed by atoms with Gasteiger partial charge in [-0.2, -0.15) is 5.10 Å². The number of sulfonamides is 1. The molecular formula is C19H21N3O5S. The van der Waals surface area contributed by atoms with Gasteiger partial charge in [-0.25, -0.2) is 13.8 Å². The Balaban J connectivity index is 1.69. The first-order chi connectivity index (χ1) is 13.2. The predicted molar refractivity (Wildman–Crippen MR) is 106 cm³/mol. The highest BCUT2D eigenvalue weighted by molar-refractivity contribution is 7.92. The number of rotatable bonds is 6. The molecule has 1 amide bonds. The second-order valence-electron chi connectivity index (χ2n) is 6.47. The van der Waals surface area contributed by atoms with Gasteiger partial charge in [0.2, 0.25) is 16.8 Å². The van der Waals surface area contributed by atoms with E-state index in [2.05, 4.69) is 10.5 Å². The molecule has 148 valence electrons. The van der Waals surface area contributed by atoms with Gasteiger partial charge in [-0.05, 0) is 49.2 Å². The van der Waals surface area contributed by atoms with Crippen molar-refractivity contribution in [1.29, 1.82) is 0 Å². The quantitative estimate of drug-likeness (QED) is 0.587. The lowest BCUT2D eigenvalue weighted by atomic mass is 10.1. The van der Waals surface area contributed by atoms with E-state index in [4.69, 9.17) is 9.47 Å². The number of amides is 1. The summed E-state index contributed by atoms with van der Waals surface area (Å²) in [5.74, 6) is 0.703. The molecule has 8 nitrogen and oxygen atoms in total. The van der Waals surface area contributed by atoms with Crippen molar-refractivity contribution in [2.75, 3.05) is 23.9 Å². The molecule has 0 atom stereocenters. The highest BCUT2D eigenvalue weighted by Crippen LogP contribution is 2.32. The van der Waals surface area contributed by atoms with Crippen molar-refractivity contribution in [3.05, 3.63) is 53.1 Å². The van der Waals surface area contributed by atoms with Crippen molar-refractivity contribution in [3.8, 4) is 11.5 Å². The van der Waals surface area contributed by atoms with Crippen molar-refractivity contribution >= 4 is 27.8 Å². The lowest BCUT2D eigenvalue weighted by Crippen LogP contribution is -2.39. The molecule has 0 radical (unpaired) electrons. The molecule has 9 heteroatoms. The van der Waals surface area contributed by atoms with E-state index in [1.807, 2.05) is 13.0 Å². The number of hydrazone groups is 1. The molecule has 0 bridgehead atoms. The van der Waals surface area contributed by atoms with Crippen molar-refractivity contribution < 1.29 is 22.7 Å². The molecule has 3 rings (SSSR count). The van der Waals surface area contributed by atoms with Crippen LogP contribution in [-0.4, -0.2) is 40.1 Å². The van der Waals surface area contributed by atoms with Crippen LogP contribution < -0.4 is 19.2 Å². The fourth-order valence-corrected chi connectivity index (χ4v) is 3.72. The molecule has 0 spiro atoms. The van der Waals surface area contributed by atoms with E-state index < -0.39 is 15.9 Å². The first-order valence-electron chi connectivity index (χ1n) is 8.50. The Morgan fingerprint density at radius 1 is 1.18 bits per heavy atom. The summed E-state index contributed by atoms with van der Waals surface area (Å²) in [7, 11) is -3.64. The molecule has 1 heterocycles. The number of anilines is 1. The largest absolute Gasteiger partial charge is 0.454 e. The smallest absolute Gasteiger partial charge is 0.260 e. The Bertz CT molecular complexity index is 1030. The highest BCUT2D eigenvalue weighted by Gasteiger charge is 2.22. The van der Waals surface area contributed by atoms with Crippen LogP contribution in [0.25, 0.3) is 0 Å². The minimum absolute atomic E-state index is 0.173. The molecular weight excluding hydrogens is 382 g/mol. The maximum atomic E-state index is 12.3. The summed E-state index contributed by atoms with van der Waals surface area (Å²) in [6, 6.07) is 10.6. The van der Waals surface area contributed by atoms with Gasteiger partial charge in [0.25, 0.3) is 5.91 Å². The van der Waals surface area contributed by atoms with Gasteiger partial charge in [0, 0.05) is 0 Å². The molecule has 1 N–H and O–H groups in total. The van der Waals surface area contributed by atoms with Gasteiger partial charge in [-0.15, -0.1) is 0 Å². The van der Waals surface area contributed by atoms with Gasteiger partial charge in [0.1, 0.15) is 6.54 Å². The molecule has 0 saturated heterocycles. The number of carbonyl (C=O) groups excluding carboxylic acids is 1. The predicted octanol–water partition coefficient (Wildman–Crippen LogP) is 1.95. The molecule has 0 aromatic heterocycles. The minimum Gasteiger partial charge on any atom is -0.454 e. The molecule has 0 aliphatic carbocycles. The van der Waals surface area contributed by atoms with Gasteiger partial charge in [0.05, 0.1) is 18.2 Å². The minimum atomic E-state index is -3.64. The van der Waals surface area contributed by atoms with E-state index in [-0.39, 0.29) is 13.3 Å². The number of nitrogens with zero attached hydrogens (tertiary/aromatic N) is 2. The first-order valence-corrected chi connectivity index (χ1v) is 10.4. The van der Waals surface area contributed by atoms with E-state index >= 15 is 0 Å². The summed E-state index contributed by atoms with van der Waals surface area (Å²) in [6.45, 7) is 3.52. The number of ether oxygens (including phenoxy) is 2. The topological polar surface area (TPSA) is 97.3 Å². The summed E-state index contributed by atoms with van der Waals surface area (Å²) >= 11 is 0. The molecule has 1 aliphatic heterocycles. The van der Waals surface area contributed by atoms with Gasteiger partial charge in [0.15, 0.2) is 11.5 Å². The van der Waals surface area contributed by atoms with Gasteiger partial charge in [-0.3, -0.25) is 9.10 Å². The van der Waals surface area contributed by atoms with Crippen LogP contribution >= 0.6 is 0 Å². The van der Waals surface area contributed by atoms with Gasteiger partial charge < -0.3 is 9.47 Å². The Morgan fingerprint density at radius 2 is 1.93 bits per heavy atom. The maximum absolute atomic E-state index is 12.3. The Labute approximate surface area is 163 Å². The second-order valence-corrected chi connectivity index (χ2v) is 8.37. The third-order valence-electron chi connectivity index (χ3n) is 4.11. The van der Waals surface area contributed by atoms with E-state index in [1.54, 1.807) is 37.3 Å². The van der Waals surface area contributed by atoms with Crippen LogP contribution in [0, 0.1) is 13.8 Å². The normalized spacial score (nSPS) is 13.0. The number of hydrogen-bond donors (Lipinski definition) is 1. The summed E-state index contributed by atoms with van der Waals surface area (Å²) in [5.41, 5.74) is 5.30. The second kappa shape index (κ2) is 7.89. The summed E-state index contributed by atoms with van der Waals surface area (Å²) < 4.78 is 36.0. The SMILES string of the molecule is Cc1ccc(N(CC(=O)N/N=C\c2ccc3c(c2)OCO3)S(C)(=O)=O)c(C)c1. The average Bonchev–Trinajstić information content (AvgIpc) is 3.07. The summed E-state index contributed by atoms with van der Waals surface area (Å²) in [6.07, 6.45) is 2.51. The number of nitrogens with one attached hydrogen (secondary N) is 1. The Morgan fingerprint density at radius 3 is 2.64 bits per heavy atom. The van der Waals surface area contributed by atoms with Crippen molar-refractivity contribution in [2.24, 2.45) is 5.10 Å². The van der Waals surface area contributed by atoms with Crippen molar-refractivity contribution in [2.45, 2.75) is 13.8 Å². The van der Waals surface area contributed by atoms with E-state index in [0.29, 0.717) is 22.7 Å². The van der Waals surface area contributed by atoms with Crippen LogP contribution in [0.5, 0.6) is 11.5 Å². The lowest BCUT2D eigenvalue weighted by molar-refractivity contribution is -0.119. The highest BCUT2D eigenvalue weighted by atomic mass is 32.2. The Hall–Kier alpha value is -3.07. The lowest BCUT2D eigenvalue weighted by Gasteiger charge is -2.23. The third kappa shape index (κ3) is 4.61. The molecule has 28 heavy (non-hydrogen) atoms. The maximum Gasteiger partial charge on any atom is 0.260 e. The number of benzene rings is 2. The monoisotopic (exact) mass is 403 g/mol.